The summed E-state index contributed by atoms with van der Waals surface area (Å²) in [7, 11) is 0. The van der Waals surface area contributed by atoms with E-state index in [1.165, 1.54) is 5.71 Å². The summed E-state index contributed by atoms with van der Waals surface area (Å²) in [5, 5.41) is 4.02. The molecule has 1 N–H and O–H groups in total. The molecule has 1 rings (SSSR count). The first kappa shape index (κ1) is 4.62. The summed E-state index contributed by atoms with van der Waals surface area (Å²) in [6, 6.07) is 0. The summed E-state index contributed by atoms with van der Waals surface area (Å²) < 4.78 is 0. The fraction of sp³-hybridized carbons (Fsp3) is 0.800. The highest BCUT2D eigenvalue weighted by atomic mass is 15.3. The molecule has 40 valence electrons. The normalized spacial score (nSPS) is 18.7. The minimum absolute atomic E-state index is 1.04. The number of rotatable bonds is 1. The van der Waals surface area contributed by atoms with Crippen LogP contribution in [-0.2, 0) is 0 Å². The highest BCUT2D eigenvalue weighted by molar-refractivity contribution is 5.85. The van der Waals surface area contributed by atoms with Gasteiger partial charge in [0.15, 0.2) is 0 Å². The van der Waals surface area contributed by atoms with Gasteiger partial charge in [-0.3, -0.25) is 0 Å². The van der Waals surface area contributed by atoms with Crippen molar-refractivity contribution in [2.75, 3.05) is 6.54 Å². The molecule has 0 aromatic carbocycles. The van der Waals surface area contributed by atoms with Gasteiger partial charge in [-0.15, -0.1) is 0 Å². The van der Waals surface area contributed by atoms with Crippen LogP contribution in [0.5, 0.6) is 0 Å². The van der Waals surface area contributed by atoms with E-state index < -0.39 is 0 Å². The van der Waals surface area contributed by atoms with Crippen molar-refractivity contribution in [1.82, 2.24) is 5.43 Å². The van der Waals surface area contributed by atoms with E-state index in [1.54, 1.807) is 0 Å². The number of hydrogen-bond acceptors (Lipinski definition) is 2. The molecule has 2 heteroatoms. The lowest BCUT2D eigenvalue weighted by Gasteiger charge is -1.83. The maximum Gasteiger partial charge on any atom is 0.0393 e. The quantitative estimate of drug-likeness (QED) is 0.514. The zero-order valence-corrected chi connectivity index (χ0v) is 4.57. The summed E-state index contributed by atoms with van der Waals surface area (Å²) in [5.74, 6) is 0. The lowest BCUT2D eigenvalue weighted by molar-refractivity contribution is 0.813. The van der Waals surface area contributed by atoms with Crippen molar-refractivity contribution in [2.24, 2.45) is 5.10 Å². The van der Waals surface area contributed by atoms with Crippen molar-refractivity contribution in [2.45, 2.75) is 19.8 Å². The SMILES string of the molecule is CCC1=NNCC1. The first-order valence-corrected chi connectivity index (χ1v) is 2.71. The van der Waals surface area contributed by atoms with Crippen LogP contribution in [0.1, 0.15) is 19.8 Å². The number of hydrazone groups is 1. The van der Waals surface area contributed by atoms with Gasteiger partial charge in [0.05, 0.1) is 0 Å². The Hall–Kier alpha value is -0.530. The molecular weight excluding hydrogens is 88.1 g/mol. The van der Waals surface area contributed by atoms with Gasteiger partial charge in [0.1, 0.15) is 0 Å². The highest BCUT2D eigenvalue weighted by Gasteiger charge is 2.00. The van der Waals surface area contributed by atoms with Gasteiger partial charge >= 0.3 is 0 Å². The Morgan fingerprint density at radius 1 is 1.86 bits per heavy atom. The van der Waals surface area contributed by atoms with Crippen molar-refractivity contribution >= 4 is 5.71 Å². The lowest BCUT2D eigenvalue weighted by atomic mass is 10.2. The first-order valence-electron chi connectivity index (χ1n) is 2.71. The lowest BCUT2D eigenvalue weighted by Crippen LogP contribution is -1.96. The predicted octanol–water partition coefficient (Wildman–Crippen LogP) is 0.746. The van der Waals surface area contributed by atoms with Gasteiger partial charge in [0, 0.05) is 18.7 Å². The van der Waals surface area contributed by atoms with Crippen LogP contribution in [0.2, 0.25) is 0 Å². The summed E-state index contributed by atoms with van der Waals surface area (Å²) in [5.41, 5.74) is 4.22. The molecule has 0 aliphatic carbocycles. The number of nitrogens with one attached hydrogen (secondary N) is 1. The van der Waals surface area contributed by atoms with E-state index in [2.05, 4.69) is 17.5 Å². The molecule has 0 radical (unpaired) electrons. The fourth-order valence-corrected chi connectivity index (χ4v) is 0.680. The van der Waals surface area contributed by atoms with E-state index in [0.717, 1.165) is 19.4 Å². The van der Waals surface area contributed by atoms with E-state index in [1.807, 2.05) is 0 Å². The monoisotopic (exact) mass is 98.1 g/mol. The Labute approximate surface area is 43.6 Å². The minimum atomic E-state index is 1.04. The van der Waals surface area contributed by atoms with Crippen molar-refractivity contribution in [3.05, 3.63) is 0 Å². The van der Waals surface area contributed by atoms with Gasteiger partial charge < -0.3 is 5.43 Å². The maximum atomic E-state index is 4.02. The molecule has 0 aromatic heterocycles. The molecule has 0 bridgehead atoms. The Balaban J connectivity index is 2.36. The van der Waals surface area contributed by atoms with Gasteiger partial charge in [-0.05, 0) is 6.42 Å². The topological polar surface area (TPSA) is 24.4 Å². The van der Waals surface area contributed by atoms with Gasteiger partial charge in [-0.1, -0.05) is 6.92 Å². The molecular formula is C5H10N2. The molecule has 0 amide bonds. The first-order chi connectivity index (χ1) is 3.43. The molecule has 0 fully saturated rings. The molecule has 2 nitrogen and oxygen atoms in total. The smallest absolute Gasteiger partial charge is 0.0393 e. The molecule has 1 aliphatic heterocycles. The molecule has 1 heterocycles. The van der Waals surface area contributed by atoms with E-state index in [9.17, 15) is 0 Å². The summed E-state index contributed by atoms with van der Waals surface area (Å²) >= 11 is 0. The molecule has 0 spiro atoms. The molecule has 1 aliphatic rings. The minimum Gasteiger partial charge on any atom is -0.310 e. The summed E-state index contributed by atoms with van der Waals surface area (Å²) in [6.45, 7) is 3.18. The van der Waals surface area contributed by atoms with Crippen LogP contribution >= 0.6 is 0 Å². The average molecular weight is 98.1 g/mol. The Morgan fingerprint density at radius 3 is 3.00 bits per heavy atom. The maximum absolute atomic E-state index is 4.02. The largest absolute Gasteiger partial charge is 0.310 e. The average Bonchev–Trinajstić information content (AvgIpc) is 2.14. The van der Waals surface area contributed by atoms with Crippen LogP contribution in [0.4, 0.5) is 0 Å². The second kappa shape index (κ2) is 1.96. The van der Waals surface area contributed by atoms with Gasteiger partial charge in [-0.2, -0.15) is 5.10 Å². The molecule has 0 saturated carbocycles. The molecule has 0 unspecified atom stereocenters. The Bertz CT molecular complexity index is 86.1. The van der Waals surface area contributed by atoms with Gasteiger partial charge in [0.2, 0.25) is 0 Å². The van der Waals surface area contributed by atoms with Crippen LogP contribution in [0.15, 0.2) is 5.10 Å². The van der Waals surface area contributed by atoms with Crippen molar-refractivity contribution in [3.8, 4) is 0 Å². The third-order valence-corrected chi connectivity index (χ3v) is 1.17. The van der Waals surface area contributed by atoms with Crippen LogP contribution in [0, 0.1) is 0 Å². The van der Waals surface area contributed by atoms with E-state index in [4.69, 9.17) is 0 Å². The molecule has 7 heavy (non-hydrogen) atoms. The second-order valence-electron chi connectivity index (χ2n) is 1.69. The number of hydrogen-bond donors (Lipinski definition) is 1. The Morgan fingerprint density at radius 2 is 2.71 bits per heavy atom. The van der Waals surface area contributed by atoms with E-state index in [-0.39, 0.29) is 0 Å². The van der Waals surface area contributed by atoms with E-state index >= 15 is 0 Å². The summed E-state index contributed by atoms with van der Waals surface area (Å²) in [6.07, 6.45) is 2.25. The van der Waals surface area contributed by atoms with Crippen molar-refractivity contribution < 1.29 is 0 Å². The van der Waals surface area contributed by atoms with Gasteiger partial charge in [-0.25, -0.2) is 0 Å². The van der Waals surface area contributed by atoms with Crippen LogP contribution in [0.3, 0.4) is 0 Å². The molecule has 0 saturated heterocycles. The fourth-order valence-electron chi connectivity index (χ4n) is 0.680. The second-order valence-corrected chi connectivity index (χ2v) is 1.69. The van der Waals surface area contributed by atoms with Crippen LogP contribution in [-0.4, -0.2) is 12.3 Å². The molecule has 0 atom stereocenters. The summed E-state index contributed by atoms with van der Waals surface area (Å²) in [4.78, 5) is 0. The van der Waals surface area contributed by atoms with E-state index in [0.29, 0.717) is 0 Å². The predicted molar refractivity (Wildman–Crippen MR) is 30.3 cm³/mol. The zero-order valence-electron chi connectivity index (χ0n) is 4.57. The van der Waals surface area contributed by atoms with Crippen molar-refractivity contribution in [1.29, 1.82) is 0 Å². The van der Waals surface area contributed by atoms with Crippen molar-refractivity contribution in [3.63, 3.8) is 0 Å². The molecule has 0 aromatic rings. The standard InChI is InChI=1S/C5H10N2/c1-2-5-3-4-6-7-5/h6H,2-4H2,1H3. The third kappa shape index (κ3) is 0.918. The number of nitrogens with zero attached hydrogens (tertiary/aromatic N) is 1. The van der Waals surface area contributed by atoms with Crippen LogP contribution in [0.25, 0.3) is 0 Å². The van der Waals surface area contributed by atoms with Crippen LogP contribution < -0.4 is 5.43 Å². The zero-order chi connectivity index (χ0) is 5.11. The Kier molecular flexibility index (Phi) is 1.29. The van der Waals surface area contributed by atoms with Gasteiger partial charge in [0.25, 0.3) is 0 Å². The highest BCUT2D eigenvalue weighted by Crippen LogP contribution is 1.95. The third-order valence-electron chi connectivity index (χ3n) is 1.17.